The molecule has 1 saturated heterocycles. The second-order valence-corrected chi connectivity index (χ2v) is 8.58. The molecule has 1 amide bonds. The number of hydrogen-bond donors (Lipinski definition) is 0. The van der Waals surface area contributed by atoms with E-state index < -0.39 is 0 Å². The van der Waals surface area contributed by atoms with Crippen LogP contribution in [0.4, 0.5) is 0 Å². The molecule has 1 heterocycles. The van der Waals surface area contributed by atoms with Gasteiger partial charge < -0.3 is 19.3 Å². The lowest BCUT2D eigenvalue weighted by Gasteiger charge is -2.26. The number of hydrogen-bond acceptors (Lipinski definition) is 4. The maximum absolute atomic E-state index is 13.0. The molecule has 32 heavy (non-hydrogen) atoms. The Morgan fingerprint density at radius 2 is 1.78 bits per heavy atom. The summed E-state index contributed by atoms with van der Waals surface area (Å²) in [7, 11) is 1.66. The third-order valence-electron chi connectivity index (χ3n) is 6.07. The maximum Gasteiger partial charge on any atom is 0.222 e. The predicted octanol–water partition coefficient (Wildman–Crippen LogP) is 5.28. The minimum Gasteiger partial charge on any atom is -0.493 e. The Kier molecular flexibility index (Phi) is 9.89. The molecule has 0 radical (unpaired) electrons. The zero-order chi connectivity index (χ0) is 22.6. The van der Waals surface area contributed by atoms with Crippen LogP contribution in [-0.2, 0) is 17.9 Å². The van der Waals surface area contributed by atoms with Gasteiger partial charge in [0.2, 0.25) is 5.91 Å². The van der Waals surface area contributed by atoms with Crippen LogP contribution in [0, 0.1) is 0 Å². The van der Waals surface area contributed by atoms with Gasteiger partial charge in [-0.2, -0.15) is 0 Å². The van der Waals surface area contributed by atoms with E-state index in [1.54, 1.807) is 7.11 Å². The van der Waals surface area contributed by atoms with Gasteiger partial charge in [-0.25, -0.2) is 0 Å². The van der Waals surface area contributed by atoms with E-state index in [0.29, 0.717) is 31.1 Å². The fourth-order valence-corrected chi connectivity index (χ4v) is 4.13. The maximum atomic E-state index is 13.0. The fraction of sp³-hybridized carbons (Fsp3) is 0.519. The van der Waals surface area contributed by atoms with Gasteiger partial charge >= 0.3 is 0 Å². The van der Waals surface area contributed by atoms with Crippen LogP contribution < -0.4 is 9.47 Å². The van der Waals surface area contributed by atoms with Crippen molar-refractivity contribution in [2.45, 2.75) is 58.6 Å². The lowest BCUT2D eigenvalue weighted by atomic mass is 10.1. The van der Waals surface area contributed by atoms with Gasteiger partial charge in [-0.15, -0.1) is 0 Å². The number of benzene rings is 2. The number of carbonyl (C=O) groups excluding carboxylic acids is 1. The number of nitrogens with zero attached hydrogens (tertiary/aromatic N) is 2. The minimum absolute atomic E-state index is 0.250. The highest BCUT2D eigenvalue weighted by Crippen LogP contribution is 2.29. The average Bonchev–Trinajstić information content (AvgIpc) is 3.35. The molecule has 0 atom stereocenters. The van der Waals surface area contributed by atoms with Crippen LogP contribution in [0.5, 0.6) is 11.5 Å². The predicted molar refractivity (Wildman–Crippen MR) is 129 cm³/mol. The summed E-state index contributed by atoms with van der Waals surface area (Å²) in [6, 6.07) is 16.1. The van der Waals surface area contributed by atoms with E-state index in [-0.39, 0.29) is 5.91 Å². The molecule has 174 valence electrons. The first kappa shape index (κ1) is 24.1. The molecule has 0 spiro atoms. The first-order valence-corrected chi connectivity index (χ1v) is 12.0. The van der Waals surface area contributed by atoms with Crippen molar-refractivity contribution in [2.75, 3.05) is 33.3 Å². The Morgan fingerprint density at radius 1 is 1.00 bits per heavy atom. The number of unbranched alkanes of at least 4 members (excludes halogenated alkanes) is 2. The molecule has 0 aliphatic carbocycles. The number of methoxy groups -OCH3 is 1. The van der Waals surface area contributed by atoms with Crippen molar-refractivity contribution < 1.29 is 14.3 Å². The summed E-state index contributed by atoms with van der Waals surface area (Å²) in [5.41, 5.74) is 2.18. The van der Waals surface area contributed by atoms with Gasteiger partial charge in [-0.3, -0.25) is 4.79 Å². The van der Waals surface area contributed by atoms with Crippen LogP contribution in [0.3, 0.4) is 0 Å². The zero-order valence-corrected chi connectivity index (χ0v) is 19.7. The lowest BCUT2D eigenvalue weighted by Crippen LogP contribution is -2.37. The molecule has 5 nitrogen and oxygen atoms in total. The monoisotopic (exact) mass is 438 g/mol. The van der Waals surface area contributed by atoms with Crippen LogP contribution in [0.2, 0.25) is 0 Å². The number of likely N-dealkylation sites (tertiary alicyclic amines) is 1. The molecular formula is C27H38N2O3. The standard InChI is InChI=1S/C27H38N2O3/c1-3-4-6-13-27(30)29(19-18-28-16-9-10-17-28)21-24-14-15-25(31-2)26(20-24)32-22-23-11-7-5-8-12-23/h5,7-8,11-12,14-15,20H,3-4,6,9-10,13,16-19,21-22H2,1-2H3. The highest BCUT2D eigenvalue weighted by molar-refractivity contribution is 5.76. The summed E-state index contributed by atoms with van der Waals surface area (Å²) in [6.07, 6.45) is 6.36. The van der Waals surface area contributed by atoms with Crippen molar-refractivity contribution in [1.29, 1.82) is 0 Å². The van der Waals surface area contributed by atoms with Crippen molar-refractivity contribution in [3.8, 4) is 11.5 Å². The molecule has 1 fully saturated rings. The van der Waals surface area contributed by atoms with Crippen LogP contribution >= 0.6 is 0 Å². The minimum atomic E-state index is 0.250. The van der Waals surface area contributed by atoms with E-state index in [1.807, 2.05) is 53.4 Å². The summed E-state index contributed by atoms with van der Waals surface area (Å²) in [5, 5.41) is 0. The highest BCUT2D eigenvalue weighted by atomic mass is 16.5. The van der Waals surface area contributed by atoms with Gasteiger partial charge in [0.15, 0.2) is 11.5 Å². The van der Waals surface area contributed by atoms with Crippen molar-refractivity contribution in [3.63, 3.8) is 0 Å². The molecular weight excluding hydrogens is 400 g/mol. The lowest BCUT2D eigenvalue weighted by molar-refractivity contribution is -0.132. The summed E-state index contributed by atoms with van der Waals surface area (Å²) < 4.78 is 11.6. The normalized spacial score (nSPS) is 13.8. The Balaban J connectivity index is 1.67. The first-order chi connectivity index (χ1) is 15.7. The SMILES string of the molecule is CCCCCC(=O)N(CCN1CCCC1)Cc1ccc(OC)c(OCc2ccccc2)c1. The van der Waals surface area contributed by atoms with Gasteiger partial charge in [0, 0.05) is 26.1 Å². The summed E-state index contributed by atoms with van der Waals surface area (Å²) in [4.78, 5) is 17.5. The first-order valence-electron chi connectivity index (χ1n) is 12.0. The molecule has 3 rings (SSSR count). The number of ether oxygens (including phenoxy) is 2. The van der Waals surface area contributed by atoms with E-state index in [0.717, 1.165) is 56.6 Å². The number of carbonyl (C=O) groups is 1. The molecule has 0 aromatic heterocycles. The topological polar surface area (TPSA) is 42.0 Å². The van der Waals surface area contributed by atoms with Gasteiger partial charge in [0.05, 0.1) is 7.11 Å². The second kappa shape index (κ2) is 13.1. The number of amides is 1. The Hall–Kier alpha value is -2.53. The van der Waals surface area contributed by atoms with Gasteiger partial charge in [-0.1, -0.05) is 56.2 Å². The summed E-state index contributed by atoms with van der Waals surface area (Å²) >= 11 is 0. The molecule has 0 saturated carbocycles. The van der Waals surface area contributed by atoms with Crippen LogP contribution in [0.15, 0.2) is 48.5 Å². The molecule has 2 aromatic carbocycles. The number of rotatable bonds is 13. The molecule has 2 aromatic rings. The van der Waals surface area contributed by atoms with Crippen molar-refractivity contribution in [2.24, 2.45) is 0 Å². The molecule has 0 bridgehead atoms. The van der Waals surface area contributed by atoms with E-state index >= 15 is 0 Å². The third-order valence-corrected chi connectivity index (χ3v) is 6.07. The van der Waals surface area contributed by atoms with Gasteiger partial charge in [0.1, 0.15) is 6.61 Å². The summed E-state index contributed by atoms with van der Waals surface area (Å²) in [6.45, 7) is 7.28. The molecule has 0 N–H and O–H groups in total. The van der Waals surface area contributed by atoms with E-state index in [1.165, 1.54) is 12.8 Å². The molecule has 0 unspecified atom stereocenters. The largest absolute Gasteiger partial charge is 0.493 e. The molecule has 5 heteroatoms. The van der Waals surface area contributed by atoms with E-state index in [9.17, 15) is 4.79 Å². The Bertz CT molecular complexity index is 819. The Labute approximate surface area is 193 Å². The molecule has 1 aliphatic heterocycles. The van der Waals surface area contributed by atoms with Crippen molar-refractivity contribution in [3.05, 3.63) is 59.7 Å². The van der Waals surface area contributed by atoms with Gasteiger partial charge in [0.25, 0.3) is 0 Å². The second-order valence-electron chi connectivity index (χ2n) is 8.58. The van der Waals surface area contributed by atoms with Crippen LogP contribution in [0.1, 0.15) is 56.6 Å². The fourth-order valence-electron chi connectivity index (χ4n) is 4.13. The smallest absolute Gasteiger partial charge is 0.222 e. The van der Waals surface area contributed by atoms with Crippen molar-refractivity contribution >= 4 is 5.91 Å². The quantitative estimate of drug-likeness (QED) is 0.399. The summed E-state index contributed by atoms with van der Waals surface area (Å²) in [5.74, 6) is 1.68. The van der Waals surface area contributed by atoms with Gasteiger partial charge in [-0.05, 0) is 55.6 Å². The Morgan fingerprint density at radius 3 is 2.50 bits per heavy atom. The van der Waals surface area contributed by atoms with E-state index in [4.69, 9.17) is 9.47 Å². The third kappa shape index (κ3) is 7.56. The zero-order valence-electron chi connectivity index (χ0n) is 19.7. The van der Waals surface area contributed by atoms with Crippen LogP contribution in [0.25, 0.3) is 0 Å². The highest BCUT2D eigenvalue weighted by Gasteiger charge is 2.18. The molecule has 1 aliphatic rings. The van der Waals surface area contributed by atoms with Crippen molar-refractivity contribution in [1.82, 2.24) is 9.80 Å². The van der Waals surface area contributed by atoms with Crippen LogP contribution in [-0.4, -0.2) is 49.0 Å². The average molecular weight is 439 g/mol. The van der Waals surface area contributed by atoms with E-state index in [2.05, 4.69) is 11.8 Å².